The molecule has 0 saturated heterocycles. The molecule has 0 atom stereocenters. The maximum atomic E-state index is 4.12. The quantitative estimate of drug-likeness (QED) is 0.606. The average Bonchev–Trinajstić information content (AvgIpc) is 2.47. The van der Waals surface area contributed by atoms with Crippen LogP contribution in [0.15, 0.2) is 31.1 Å². The Labute approximate surface area is 64.0 Å². The van der Waals surface area contributed by atoms with Crippen molar-refractivity contribution in [1.29, 1.82) is 0 Å². The molecule has 3 nitrogen and oxygen atoms in total. The monoisotopic (exact) mass is 145 g/mol. The second-order valence-corrected chi connectivity index (χ2v) is 2.18. The molecule has 0 aromatic carbocycles. The van der Waals surface area contributed by atoms with Gasteiger partial charge in [-0.2, -0.15) is 5.10 Å². The first-order valence-corrected chi connectivity index (χ1v) is 3.33. The molecule has 0 N–H and O–H groups in total. The van der Waals surface area contributed by atoms with Gasteiger partial charge < -0.3 is 0 Å². The molecule has 0 fully saturated rings. The van der Waals surface area contributed by atoms with Crippen LogP contribution in [0, 0.1) is 0 Å². The average molecular weight is 145 g/mol. The first-order chi connectivity index (χ1) is 5.42. The van der Waals surface area contributed by atoms with Crippen LogP contribution in [-0.2, 0) is 0 Å². The summed E-state index contributed by atoms with van der Waals surface area (Å²) in [6.45, 7) is 3.65. The zero-order chi connectivity index (χ0) is 7.68. The normalized spacial score (nSPS) is 10.2. The molecule has 54 valence electrons. The maximum absolute atomic E-state index is 4.12. The van der Waals surface area contributed by atoms with Gasteiger partial charge in [0, 0.05) is 6.20 Å². The molecule has 0 spiro atoms. The standard InChI is InChI=1S/C8H7N3/c1-2-7-6-9-8-4-3-5-10-11(7)8/h2-6H,1H2. The topological polar surface area (TPSA) is 30.2 Å². The molecular weight excluding hydrogens is 138 g/mol. The molecule has 0 saturated carbocycles. The van der Waals surface area contributed by atoms with Gasteiger partial charge in [-0.05, 0) is 18.2 Å². The minimum atomic E-state index is 0.849. The van der Waals surface area contributed by atoms with E-state index in [2.05, 4.69) is 16.7 Å². The molecule has 0 aliphatic rings. The van der Waals surface area contributed by atoms with Crippen molar-refractivity contribution in [1.82, 2.24) is 14.6 Å². The van der Waals surface area contributed by atoms with Crippen molar-refractivity contribution in [3.8, 4) is 0 Å². The Balaban J connectivity index is 2.86. The molecule has 0 bridgehead atoms. The van der Waals surface area contributed by atoms with Crippen LogP contribution in [0.5, 0.6) is 0 Å². The highest BCUT2D eigenvalue weighted by atomic mass is 15.2. The second-order valence-electron chi connectivity index (χ2n) is 2.18. The maximum Gasteiger partial charge on any atom is 0.154 e. The van der Waals surface area contributed by atoms with Gasteiger partial charge in [0.1, 0.15) is 0 Å². The van der Waals surface area contributed by atoms with Gasteiger partial charge >= 0.3 is 0 Å². The summed E-state index contributed by atoms with van der Waals surface area (Å²) >= 11 is 0. The van der Waals surface area contributed by atoms with Crippen LogP contribution < -0.4 is 0 Å². The summed E-state index contributed by atoms with van der Waals surface area (Å²) in [6.07, 6.45) is 5.20. The van der Waals surface area contributed by atoms with Crippen molar-refractivity contribution >= 4 is 11.7 Å². The van der Waals surface area contributed by atoms with Crippen LogP contribution >= 0.6 is 0 Å². The van der Waals surface area contributed by atoms with E-state index in [0.717, 1.165) is 11.3 Å². The number of imidazole rings is 1. The molecule has 0 aliphatic carbocycles. The second kappa shape index (κ2) is 2.20. The number of nitrogens with zero attached hydrogens (tertiary/aromatic N) is 3. The van der Waals surface area contributed by atoms with Gasteiger partial charge in [0.2, 0.25) is 0 Å². The number of hydrogen-bond acceptors (Lipinski definition) is 2. The number of hydrogen-bond donors (Lipinski definition) is 0. The Morgan fingerprint density at radius 2 is 2.45 bits per heavy atom. The SMILES string of the molecule is C=Cc1cnc2cccnn12. The first kappa shape index (κ1) is 6.09. The highest BCUT2D eigenvalue weighted by Crippen LogP contribution is 2.03. The zero-order valence-corrected chi connectivity index (χ0v) is 5.94. The van der Waals surface area contributed by atoms with Crippen molar-refractivity contribution in [3.05, 3.63) is 36.8 Å². The largest absolute Gasteiger partial charge is 0.235 e. The van der Waals surface area contributed by atoms with Crippen molar-refractivity contribution in [2.75, 3.05) is 0 Å². The van der Waals surface area contributed by atoms with Crippen molar-refractivity contribution in [3.63, 3.8) is 0 Å². The predicted molar refractivity (Wildman–Crippen MR) is 43.1 cm³/mol. The Morgan fingerprint density at radius 1 is 1.55 bits per heavy atom. The van der Waals surface area contributed by atoms with Gasteiger partial charge in [-0.25, -0.2) is 9.50 Å². The molecule has 2 heterocycles. The Kier molecular flexibility index (Phi) is 1.22. The van der Waals surface area contributed by atoms with Crippen molar-refractivity contribution in [2.45, 2.75) is 0 Å². The van der Waals surface area contributed by atoms with E-state index in [1.165, 1.54) is 0 Å². The van der Waals surface area contributed by atoms with Crippen molar-refractivity contribution < 1.29 is 0 Å². The summed E-state index contributed by atoms with van der Waals surface area (Å²) in [5.74, 6) is 0. The summed E-state index contributed by atoms with van der Waals surface area (Å²) in [7, 11) is 0. The fourth-order valence-electron chi connectivity index (χ4n) is 0.987. The molecule has 0 unspecified atom stereocenters. The van der Waals surface area contributed by atoms with Crippen LogP contribution in [0.3, 0.4) is 0 Å². The lowest BCUT2D eigenvalue weighted by Gasteiger charge is -1.91. The smallest absolute Gasteiger partial charge is 0.154 e. The van der Waals surface area contributed by atoms with E-state index in [4.69, 9.17) is 0 Å². The molecule has 11 heavy (non-hydrogen) atoms. The molecule has 0 aliphatic heterocycles. The van der Waals surface area contributed by atoms with Crippen LogP contribution in [0.1, 0.15) is 5.69 Å². The van der Waals surface area contributed by atoms with Gasteiger partial charge in [0.15, 0.2) is 5.65 Å². The third-order valence-electron chi connectivity index (χ3n) is 1.51. The van der Waals surface area contributed by atoms with E-state index < -0.39 is 0 Å². The van der Waals surface area contributed by atoms with E-state index in [1.807, 2.05) is 12.1 Å². The lowest BCUT2D eigenvalue weighted by molar-refractivity contribution is 0.926. The molecule has 3 heteroatoms. The van der Waals surface area contributed by atoms with Gasteiger partial charge in [0.05, 0.1) is 11.9 Å². The highest BCUT2D eigenvalue weighted by molar-refractivity contribution is 5.48. The van der Waals surface area contributed by atoms with Gasteiger partial charge in [0.25, 0.3) is 0 Å². The summed E-state index contributed by atoms with van der Waals surface area (Å²) in [4.78, 5) is 4.12. The molecule has 2 rings (SSSR count). The molecule has 0 amide bonds. The third-order valence-corrected chi connectivity index (χ3v) is 1.51. The summed E-state index contributed by atoms with van der Waals surface area (Å²) < 4.78 is 1.74. The van der Waals surface area contributed by atoms with Crippen LogP contribution in [0.4, 0.5) is 0 Å². The van der Waals surface area contributed by atoms with Crippen LogP contribution in [-0.4, -0.2) is 14.6 Å². The van der Waals surface area contributed by atoms with Gasteiger partial charge in [-0.1, -0.05) is 6.58 Å². The van der Waals surface area contributed by atoms with Gasteiger partial charge in [-0.15, -0.1) is 0 Å². The molecule has 0 radical (unpaired) electrons. The molecular formula is C8H7N3. The summed E-state index contributed by atoms with van der Waals surface area (Å²) in [5, 5.41) is 4.09. The van der Waals surface area contributed by atoms with Crippen LogP contribution in [0.25, 0.3) is 11.7 Å². The van der Waals surface area contributed by atoms with E-state index in [1.54, 1.807) is 23.0 Å². The van der Waals surface area contributed by atoms with Crippen LogP contribution in [0.2, 0.25) is 0 Å². The Hall–Kier alpha value is -1.64. The summed E-state index contributed by atoms with van der Waals surface area (Å²) in [6, 6.07) is 3.76. The van der Waals surface area contributed by atoms with E-state index >= 15 is 0 Å². The molecule has 2 aromatic heterocycles. The third kappa shape index (κ3) is 0.816. The predicted octanol–water partition coefficient (Wildman–Crippen LogP) is 1.37. The lowest BCUT2D eigenvalue weighted by Crippen LogP contribution is -1.90. The lowest BCUT2D eigenvalue weighted by atomic mass is 10.5. The highest BCUT2D eigenvalue weighted by Gasteiger charge is 1.96. The Morgan fingerprint density at radius 3 is 3.27 bits per heavy atom. The van der Waals surface area contributed by atoms with E-state index in [9.17, 15) is 0 Å². The number of aromatic nitrogens is 3. The minimum absolute atomic E-state index is 0.849. The minimum Gasteiger partial charge on any atom is -0.235 e. The fourth-order valence-corrected chi connectivity index (χ4v) is 0.987. The van der Waals surface area contributed by atoms with E-state index in [-0.39, 0.29) is 0 Å². The van der Waals surface area contributed by atoms with Gasteiger partial charge in [-0.3, -0.25) is 0 Å². The summed E-state index contributed by atoms with van der Waals surface area (Å²) in [5.41, 5.74) is 1.77. The van der Waals surface area contributed by atoms with Crippen molar-refractivity contribution in [2.24, 2.45) is 0 Å². The Bertz CT molecular complexity index is 389. The number of fused-ring (bicyclic) bond motifs is 1. The number of rotatable bonds is 1. The molecule has 2 aromatic rings. The first-order valence-electron chi connectivity index (χ1n) is 3.33. The van der Waals surface area contributed by atoms with E-state index in [0.29, 0.717) is 0 Å². The fraction of sp³-hybridized carbons (Fsp3) is 0. The zero-order valence-electron chi connectivity index (χ0n) is 5.94.